The molecule has 8 heteroatoms. The first-order valence-electron chi connectivity index (χ1n) is 5.04. The van der Waals surface area contributed by atoms with Crippen LogP contribution in [0.15, 0.2) is 16.9 Å². The van der Waals surface area contributed by atoms with Crippen LogP contribution in [-0.2, 0) is 0 Å². The molecule has 1 heterocycles. The average Bonchev–Trinajstić information content (AvgIpc) is 2.65. The maximum Gasteiger partial charge on any atom is 0.305 e. The van der Waals surface area contributed by atoms with Gasteiger partial charge in [-0.25, -0.2) is 0 Å². The van der Waals surface area contributed by atoms with Crippen molar-refractivity contribution in [2.45, 2.75) is 6.92 Å². The van der Waals surface area contributed by atoms with E-state index in [2.05, 4.69) is 10.3 Å². The molecule has 0 bridgehead atoms. The van der Waals surface area contributed by atoms with Crippen molar-refractivity contribution in [1.29, 1.82) is 0 Å². The Kier molecular flexibility index (Phi) is 4.20. The van der Waals surface area contributed by atoms with Crippen molar-refractivity contribution in [3.05, 3.63) is 47.4 Å². The van der Waals surface area contributed by atoms with Crippen molar-refractivity contribution in [3.63, 3.8) is 0 Å². The van der Waals surface area contributed by atoms with Gasteiger partial charge >= 0.3 is 4.87 Å². The van der Waals surface area contributed by atoms with Gasteiger partial charge in [-0.1, -0.05) is 46.1 Å². The molecule has 0 aliphatic heterocycles. The second-order valence-corrected chi connectivity index (χ2v) is 5.87. The van der Waals surface area contributed by atoms with E-state index in [1.165, 1.54) is 12.1 Å². The number of hydrogen-bond acceptors (Lipinski definition) is 3. The van der Waals surface area contributed by atoms with E-state index in [-0.39, 0.29) is 14.9 Å². The third-order valence-corrected chi connectivity index (χ3v) is 4.31. The van der Waals surface area contributed by atoms with Crippen LogP contribution in [0.3, 0.4) is 0 Å². The number of hydrogen-bond donors (Lipinski definition) is 2. The molecule has 4 nitrogen and oxygen atoms in total. The zero-order chi connectivity index (χ0) is 14.2. The molecule has 0 fully saturated rings. The fourth-order valence-electron chi connectivity index (χ4n) is 1.42. The third-order valence-electron chi connectivity index (χ3n) is 2.29. The molecule has 0 unspecified atom stereocenters. The molecule has 2 N–H and O–H groups in total. The lowest BCUT2D eigenvalue weighted by atomic mass is 10.3. The van der Waals surface area contributed by atoms with Crippen LogP contribution in [0.4, 0.5) is 5.69 Å². The van der Waals surface area contributed by atoms with Crippen LogP contribution in [0.5, 0.6) is 0 Å². The van der Waals surface area contributed by atoms with Crippen molar-refractivity contribution in [2.24, 2.45) is 0 Å². The van der Waals surface area contributed by atoms with Crippen LogP contribution in [0.1, 0.15) is 15.4 Å². The lowest BCUT2D eigenvalue weighted by Gasteiger charge is -2.08. The van der Waals surface area contributed by atoms with Gasteiger partial charge in [0, 0.05) is 5.69 Å². The summed E-state index contributed by atoms with van der Waals surface area (Å²) in [4.78, 5) is 25.7. The number of benzene rings is 1. The quantitative estimate of drug-likeness (QED) is 0.815. The van der Waals surface area contributed by atoms with Crippen LogP contribution < -0.4 is 10.2 Å². The van der Waals surface area contributed by atoms with Crippen LogP contribution >= 0.6 is 46.1 Å². The van der Waals surface area contributed by atoms with E-state index in [1.54, 1.807) is 6.92 Å². The zero-order valence-electron chi connectivity index (χ0n) is 9.51. The van der Waals surface area contributed by atoms with Gasteiger partial charge in [-0.2, -0.15) is 0 Å². The molecule has 2 rings (SSSR count). The Hall–Kier alpha value is -1.01. The summed E-state index contributed by atoms with van der Waals surface area (Å²) in [7, 11) is 0. The molecule has 0 aliphatic carbocycles. The van der Waals surface area contributed by atoms with Crippen LogP contribution in [0.25, 0.3) is 0 Å². The van der Waals surface area contributed by atoms with E-state index in [9.17, 15) is 9.59 Å². The maximum atomic E-state index is 12.0. The molecule has 0 spiro atoms. The van der Waals surface area contributed by atoms with Crippen molar-refractivity contribution in [2.75, 3.05) is 5.32 Å². The SMILES string of the molecule is Cc1[nH]c(=O)sc1C(=O)Nc1cc(Cl)c(Cl)cc1Cl. The summed E-state index contributed by atoms with van der Waals surface area (Å²) in [6, 6.07) is 2.89. The summed E-state index contributed by atoms with van der Waals surface area (Å²) in [5.74, 6) is -0.430. The van der Waals surface area contributed by atoms with Gasteiger partial charge in [-0.15, -0.1) is 0 Å². The molecule has 100 valence electrons. The predicted molar refractivity (Wildman–Crippen MR) is 79.1 cm³/mol. The molecule has 1 amide bonds. The lowest BCUT2D eigenvalue weighted by molar-refractivity contribution is 0.103. The highest BCUT2D eigenvalue weighted by atomic mass is 35.5. The first kappa shape index (κ1) is 14.4. The van der Waals surface area contributed by atoms with Crippen molar-refractivity contribution < 1.29 is 4.79 Å². The smallest absolute Gasteiger partial charge is 0.305 e. The number of halogens is 3. The van der Waals surface area contributed by atoms with Crippen molar-refractivity contribution >= 4 is 57.7 Å². The van der Waals surface area contributed by atoms with Crippen LogP contribution in [0, 0.1) is 6.92 Å². The number of aromatic amines is 1. The van der Waals surface area contributed by atoms with E-state index in [0.29, 0.717) is 21.3 Å². The Morgan fingerprint density at radius 3 is 2.42 bits per heavy atom. The molecule has 19 heavy (non-hydrogen) atoms. The number of anilines is 1. The lowest BCUT2D eigenvalue weighted by Crippen LogP contribution is -2.12. The minimum Gasteiger partial charge on any atom is -0.320 e. The number of aromatic nitrogens is 1. The van der Waals surface area contributed by atoms with E-state index in [1.807, 2.05) is 0 Å². The van der Waals surface area contributed by atoms with E-state index < -0.39 is 5.91 Å². The minimum atomic E-state index is -0.430. The minimum absolute atomic E-state index is 0.267. The summed E-state index contributed by atoms with van der Waals surface area (Å²) in [5, 5.41) is 3.43. The highest BCUT2D eigenvalue weighted by molar-refractivity contribution is 7.11. The van der Waals surface area contributed by atoms with Gasteiger partial charge in [0.05, 0.1) is 20.8 Å². The Balaban J connectivity index is 2.31. The van der Waals surface area contributed by atoms with Crippen molar-refractivity contribution in [1.82, 2.24) is 4.98 Å². The number of carbonyl (C=O) groups is 1. The van der Waals surface area contributed by atoms with E-state index in [0.717, 1.165) is 11.3 Å². The Morgan fingerprint density at radius 1 is 1.21 bits per heavy atom. The highest BCUT2D eigenvalue weighted by Crippen LogP contribution is 2.32. The van der Waals surface area contributed by atoms with Gasteiger partial charge in [0.2, 0.25) is 0 Å². The van der Waals surface area contributed by atoms with Crippen LogP contribution in [-0.4, -0.2) is 10.9 Å². The second-order valence-electron chi connectivity index (χ2n) is 3.67. The Morgan fingerprint density at radius 2 is 1.84 bits per heavy atom. The monoisotopic (exact) mass is 336 g/mol. The molecule has 1 aromatic heterocycles. The second kappa shape index (κ2) is 5.54. The molecule has 0 saturated heterocycles. The fourth-order valence-corrected chi connectivity index (χ4v) is 2.75. The first-order chi connectivity index (χ1) is 8.88. The number of H-pyrrole nitrogens is 1. The third kappa shape index (κ3) is 3.12. The highest BCUT2D eigenvalue weighted by Gasteiger charge is 2.15. The molecule has 0 radical (unpaired) electrons. The first-order valence-corrected chi connectivity index (χ1v) is 6.99. The maximum absolute atomic E-state index is 12.0. The molecule has 1 aromatic carbocycles. The molecular formula is C11H7Cl3N2O2S. The summed E-state index contributed by atoms with van der Waals surface area (Å²) in [6.45, 7) is 1.64. The largest absolute Gasteiger partial charge is 0.320 e. The summed E-state index contributed by atoms with van der Waals surface area (Å²) >= 11 is 18.4. The number of rotatable bonds is 2. The summed E-state index contributed by atoms with van der Waals surface area (Å²) < 4.78 is 0. The Bertz CT molecular complexity index is 708. The van der Waals surface area contributed by atoms with Gasteiger partial charge < -0.3 is 10.3 Å². The predicted octanol–water partition coefficient (Wildman–Crippen LogP) is 3.96. The van der Waals surface area contributed by atoms with E-state index in [4.69, 9.17) is 34.8 Å². The molecule has 0 atom stereocenters. The summed E-state index contributed by atoms with van der Waals surface area (Å²) in [6.07, 6.45) is 0. The standard InChI is InChI=1S/C11H7Cl3N2O2S/c1-4-9(19-11(18)15-4)10(17)16-8-3-6(13)5(12)2-7(8)14/h2-3H,1H3,(H,15,18)(H,16,17). The van der Waals surface area contributed by atoms with Gasteiger partial charge in [0.15, 0.2) is 0 Å². The van der Waals surface area contributed by atoms with E-state index >= 15 is 0 Å². The van der Waals surface area contributed by atoms with Gasteiger partial charge in [-0.05, 0) is 19.1 Å². The van der Waals surface area contributed by atoms with Gasteiger partial charge in [-0.3, -0.25) is 9.59 Å². The van der Waals surface area contributed by atoms with Crippen molar-refractivity contribution in [3.8, 4) is 0 Å². The number of nitrogens with one attached hydrogen (secondary N) is 2. The normalized spacial score (nSPS) is 10.5. The van der Waals surface area contributed by atoms with Crippen LogP contribution in [0.2, 0.25) is 15.1 Å². The fraction of sp³-hybridized carbons (Fsp3) is 0.0909. The molecular weight excluding hydrogens is 331 g/mol. The molecule has 0 aliphatic rings. The van der Waals surface area contributed by atoms with Gasteiger partial charge in [0.1, 0.15) is 4.88 Å². The zero-order valence-corrected chi connectivity index (χ0v) is 12.6. The number of aryl methyl sites for hydroxylation is 1. The number of carbonyl (C=O) groups excluding carboxylic acids is 1. The summed E-state index contributed by atoms with van der Waals surface area (Å²) in [5.41, 5.74) is 0.838. The number of amides is 1. The number of thiazole rings is 1. The topological polar surface area (TPSA) is 62.0 Å². The molecule has 0 saturated carbocycles. The average molecular weight is 338 g/mol. The molecule has 2 aromatic rings. The van der Waals surface area contributed by atoms with Gasteiger partial charge in [0.25, 0.3) is 5.91 Å². The Labute approximate surface area is 127 Å².